The third kappa shape index (κ3) is 3.16. The molecule has 0 aliphatic heterocycles. The Labute approximate surface area is 100 Å². The van der Waals surface area contributed by atoms with E-state index in [2.05, 4.69) is 0 Å². The van der Waals surface area contributed by atoms with Crippen LogP contribution in [-0.4, -0.2) is 16.9 Å². The molecule has 0 bridgehead atoms. The van der Waals surface area contributed by atoms with Crippen molar-refractivity contribution < 1.29 is 14.7 Å². The van der Waals surface area contributed by atoms with E-state index in [4.69, 9.17) is 5.11 Å². The van der Waals surface area contributed by atoms with Gasteiger partial charge in [0.05, 0.1) is 6.42 Å². The van der Waals surface area contributed by atoms with Gasteiger partial charge in [0, 0.05) is 12.3 Å². The van der Waals surface area contributed by atoms with Crippen molar-refractivity contribution >= 4 is 11.8 Å². The molecule has 0 spiro atoms. The number of hydrogen-bond acceptors (Lipinski definition) is 2. The van der Waals surface area contributed by atoms with E-state index in [1.54, 1.807) is 0 Å². The molecule has 1 aromatic carbocycles. The molecule has 1 saturated carbocycles. The lowest BCUT2D eigenvalue weighted by Gasteiger charge is -2.08. The molecule has 90 valence electrons. The summed E-state index contributed by atoms with van der Waals surface area (Å²) in [6.45, 7) is 0. The van der Waals surface area contributed by atoms with Crippen molar-refractivity contribution in [3.63, 3.8) is 0 Å². The second kappa shape index (κ2) is 5.13. The van der Waals surface area contributed by atoms with Crippen molar-refractivity contribution in [2.75, 3.05) is 0 Å². The lowest BCUT2D eigenvalue weighted by Crippen LogP contribution is -2.09. The number of carbonyl (C=O) groups is 2. The number of rotatable bonds is 4. The summed E-state index contributed by atoms with van der Waals surface area (Å²) in [5, 5.41) is 8.66. The highest BCUT2D eigenvalue weighted by Crippen LogP contribution is 2.25. The Hall–Kier alpha value is -1.64. The Bertz CT molecular complexity index is 420. The highest BCUT2D eigenvalue weighted by molar-refractivity contribution is 5.83. The van der Waals surface area contributed by atoms with Crippen LogP contribution in [0.2, 0.25) is 0 Å². The van der Waals surface area contributed by atoms with Crippen molar-refractivity contribution in [2.24, 2.45) is 5.92 Å². The minimum atomic E-state index is -0.816. The normalized spacial score (nSPS) is 19.5. The van der Waals surface area contributed by atoms with Crippen LogP contribution < -0.4 is 0 Å². The number of aliphatic carboxylic acids is 1. The van der Waals surface area contributed by atoms with E-state index >= 15 is 0 Å². The zero-order valence-corrected chi connectivity index (χ0v) is 9.69. The van der Waals surface area contributed by atoms with Crippen molar-refractivity contribution in [2.45, 2.75) is 32.1 Å². The molecule has 0 aromatic heterocycles. The molecular formula is C14H16O3. The van der Waals surface area contributed by atoms with Gasteiger partial charge in [-0.1, -0.05) is 24.3 Å². The zero-order chi connectivity index (χ0) is 12.3. The van der Waals surface area contributed by atoms with E-state index in [-0.39, 0.29) is 12.3 Å². The van der Waals surface area contributed by atoms with Crippen LogP contribution in [0.25, 0.3) is 0 Å². The first kappa shape index (κ1) is 11.8. The van der Waals surface area contributed by atoms with Crippen LogP contribution in [0.15, 0.2) is 24.3 Å². The molecule has 0 heterocycles. The summed E-state index contributed by atoms with van der Waals surface area (Å²) in [6, 6.07) is 7.54. The lowest BCUT2D eigenvalue weighted by molar-refractivity contribution is -0.136. The van der Waals surface area contributed by atoms with Gasteiger partial charge in [-0.3, -0.25) is 9.59 Å². The second-order valence-corrected chi connectivity index (χ2v) is 4.65. The summed E-state index contributed by atoms with van der Waals surface area (Å²) < 4.78 is 0. The van der Waals surface area contributed by atoms with Crippen LogP contribution in [0.5, 0.6) is 0 Å². The first-order chi connectivity index (χ1) is 8.15. The fourth-order valence-electron chi connectivity index (χ4n) is 2.36. The average molecular weight is 232 g/mol. The maximum atomic E-state index is 11.5. The largest absolute Gasteiger partial charge is 0.481 e. The maximum Gasteiger partial charge on any atom is 0.307 e. The van der Waals surface area contributed by atoms with Crippen LogP contribution in [0.4, 0.5) is 0 Å². The van der Waals surface area contributed by atoms with Gasteiger partial charge in [-0.25, -0.2) is 0 Å². The van der Waals surface area contributed by atoms with Crippen LogP contribution in [0.1, 0.15) is 30.4 Å². The molecule has 1 aliphatic rings. The molecule has 3 nitrogen and oxygen atoms in total. The molecule has 17 heavy (non-hydrogen) atoms. The van der Waals surface area contributed by atoms with Crippen molar-refractivity contribution in [3.05, 3.63) is 35.4 Å². The molecule has 1 fully saturated rings. The first-order valence-electron chi connectivity index (χ1n) is 5.97. The van der Waals surface area contributed by atoms with E-state index in [0.29, 0.717) is 5.78 Å². The van der Waals surface area contributed by atoms with Gasteiger partial charge < -0.3 is 5.11 Å². The van der Waals surface area contributed by atoms with Gasteiger partial charge in [0.1, 0.15) is 5.78 Å². The summed E-state index contributed by atoms with van der Waals surface area (Å²) in [6.07, 6.45) is 3.59. The Morgan fingerprint density at radius 3 is 2.41 bits per heavy atom. The average Bonchev–Trinajstić information content (AvgIpc) is 2.67. The maximum absolute atomic E-state index is 11.5. The fourth-order valence-corrected chi connectivity index (χ4v) is 2.36. The number of carboxylic acid groups (broad SMARTS) is 1. The minimum absolute atomic E-state index is 0.0582. The summed E-state index contributed by atoms with van der Waals surface area (Å²) in [5.41, 5.74) is 1.93. The predicted octanol–water partition coefficient (Wildman–Crippen LogP) is 2.23. The highest BCUT2D eigenvalue weighted by Gasteiger charge is 2.24. The molecule has 0 radical (unpaired) electrons. The molecule has 0 amide bonds. The third-order valence-corrected chi connectivity index (χ3v) is 3.29. The standard InChI is InChI=1S/C14H16O3/c15-13-3-1-2-12(13)8-10-4-6-11(7-5-10)9-14(16)17/h4-7,12H,1-3,8-9H2,(H,16,17). The summed E-state index contributed by atoms with van der Waals surface area (Å²) in [5.74, 6) is -0.261. The smallest absolute Gasteiger partial charge is 0.307 e. The Morgan fingerprint density at radius 1 is 1.24 bits per heavy atom. The van der Waals surface area contributed by atoms with Crippen molar-refractivity contribution in [1.29, 1.82) is 0 Å². The Kier molecular flexibility index (Phi) is 3.57. The Balaban J connectivity index is 1.98. The van der Waals surface area contributed by atoms with E-state index < -0.39 is 5.97 Å². The number of carboxylic acids is 1. The summed E-state index contributed by atoms with van der Waals surface area (Å²) in [7, 11) is 0. The van der Waals surface area contributed by atoms with Gasteiger partial charge >= 0.3 is 5.97 Å². The predicted molar refractivity (Wildman–Crippen MR) is 63.8 cm³/mol. The van der Waals surface area contributed by atoms with Gasteiger partial charge in [0.2, 0.25) is 0 Å². The number of benzene rings is 1. The molecular weight excluding hydrogens is 216 g/mol. The van der Waals surface area contributed by atoms with Crippen molar-refractivity contribution in [1.82, 2.24) is 0 Å². The van der Waals surface area contributed by atoms with Crippen LogP contribution in [-0.2, 0) is 22.4 Å². The summed E-state index contributed by atoms with van der Waals surface area (Å²) in [4.78, 5) is 22.0. The lowest BCUT2D eigenvalue weighted by atomic mass is 9.96. The molecule has 1 unspecified atom stereocenters. The SMILES string of the molecule is O=C(O)Cc1ccc(CC2CCCC2=O)cc1. The van der Waals surface area contributed by atoms with Crippen LogP contribution >= 0.6 is 0 Å². The second-order valence-electron chi connectivity index (χ2n) is 4.65. The molecule has 1 atom stereocenters. The quantitative estimate of drug-likeness (QED) is 0.866. The van der Waals surface area contributed by atoms with Gasteiger partial charge in [-0.05, 0) is 30.4 Å². The van der Waals surface area contributed by atoms with Gasteiger partial charge in [-0.15, -0.1) is 0 Å². The van der Waals surface area contributed by atoms with Gasteiger partial charge in [-0.2, -0.15) is 0 Å². The Morgan fingerprint density at radius 2 is 1.88 bits per heavy atom. The van der Waals surface area contributed by atoms with E-state index in [9.17, 15) is 9.59 Å². The van der Waals surface area contributed by atoms with Crippen molar-refractivity contribution in [3.8, 4) is 0 Å². The topological polar surface area (TPSA) is 54.4 Å². The number of hydrogen-bond donors (Lipinski definition) is 1. The zero-order valence-electron chi connectivity index (χ0n) is 9.69. The molecule has 1 N–H and O–H groups in total. The van der Waals surface area contributed by atoms with Gasteiger partial charge in [0.25, 0.3) is 0 Å². The van der Waals surface area contributed by atoms with Crippen LogP contribution in [0, 0.1) is 5.92 Å². The monoisotopic (exact) mass is 232 g/mol. The van der Waals surface area contributed by atoms with E-state index in [1.807, 2.05) is 24.3 Å². The fraction of sp³-hybridized carbons (Fsp3) is 0.429. The molecule has 1 aromatic rings. The van der Waals surface area contributed by atoms with Crippen LogP contribution in [0.3, 0.4) is 0 Å². The van der Waals surface area contributed by atoms with Gasteiger partial charge in [0.15, 0.2) is 0 Å². The highest BCUT2D eigenvalue weighted by atomic mass is 16.4. The number of Topliss-reactive ketones (excluding diaryl/α,β-unsaturated/α-hetero) is 1. The van der Waals surface area contributed by atoms with E-state index in [1.165, 1.54) is 0 Å². The first-order valence-corrected chi connectivity index (χ1v) is 5.97. The third-order valence-electron chi connectivity index (χ3n) is 3.29. The van der Waals surface area contributed by atoms with E-state index in [0.717, 1.165) is 36.8 Å². The molecule has 0 saturated heterocycles. The molecule has 1 aliphatic carbocycles. The number of ketones is 1. The molecule has 3 heteroatoms. The minimum Gasteiger partial charge on any atom is -0.481 e. The molecule has 2 rings (SSSR count). The summed E-state index contributed by atoms with van der Waals surface area (Å²) >= 11 is 0. The number of carbonyl (C=O) groups excluding carboxylic acids is 1.